The zero-order chi connectivity index (χ0) is 25.8. The highest BCUT2D eigenvalue weighted by atomic mass is 19.1. The number of nitrogens with zero attached hydrogens (tertiary/aromatic N) is 1. The summed E-state index contributed by atoms with van der Waals surface area (Å²) in [6.45, 7) is 2.02. The second kappa shape index (κ2) is 10.7. The number of hydrogen-bond donors (Lipinski definition) is 1. The molecule has 4 rings (SSSR count). The predicted molar refractivity (Wildman–Crippen MR) is 129 cm³/mol. The molecule has 1 heterocycles. The smallest absolute Gasteiger partial charge is 0.295 e. The standard InChI is InChI=1S/C28H25F2NO5/c1-17-14-20(8-11-23(17)30)26(32)24-25(31(12-13-35-2)28(34)27(24)33)19-4-3-5-22(15-19)36-16-18-6-9-21(29)10-7-18/h3-11,14-15,25,32H,12-13,16H2,1-2H3/b26-24-. The molecule has 3 aromatic carbocycles. The number of Topliss-reactive ketones (excluding diaryl/α,β-unsaturated/α-hetero) is 1. The molecule has 1 fully saturated rings. The zero-order valence-corrected chi connectivity index (χ0v) is 19.8. The minimum atomic E-state index is -0.903. The van der Waals surface area contributed by atoms with Crippen LogP contribution in [0.15, 0.2) is 72.3 Å². The van der Waals surface area contributed by atoms with Crippen molar-refractivity contribution < 1.29 is 33.0 Å². The Labute approximate surface area is 207 Å². The van der Waals surface area contributed by atoms with Gasteiger partial charge in [0.2, 0.25) is 0 Å². The molecule has 1 aliphatic rings. The van der Waals surface area contributed by atoms with Gasteiger partial charge in [0, 0.05) is 19.2 Å². The average Bonchev–Trinajstić information content (AvgIpc) is 3.13. The van der Waals surface area contributed by atoms with Crippen LogP contribution in [-0.2, 0) is 20.9 Å². The number of aliphatic hydroxyl groups excluding tert-OH is 1. The number of hydrogen-bond acceptors (Lipinski definition) is 5. The van der Waals surface area contributed by atoms with Crippen LogP contribution in [0.2, 0.25) is 0 Å². The summed E-state index contributed by atoms with van der Waals surface area (Å²) in [5.74, 6) is -2.33. The van der Waals surface area contributed by atoms with Crippen molar-refractivity contribution in [3.8, 4) is 5.75 Å². The van der Waals surface area contributed by atoms with Crippen LogP contribution in [0.3, 0.4) is 0 Å². The van der Waals surface area contributed by atoms with E-state index in [1.54, 1.807) is 43.3 Å². The summed E-state index contributed by atoms with van der Waals surface area (Å²) in [6, 6.07) is 15.8. The Kier molecular flexibility index (Phi) is 7.45. The molecule has 0 radical (unpaired) electrons. The SMILES string of the molecule is COCCN1C(=O)C(=O)/C(=C(\O)c2ccc(F)c(C)c2)C1c1cccc(OCc2ccc(F)cc2)c1. The van der Waals surface area contributed by atoms with E-state index in [2.05, 4.69) is 0 Å². The monoisotopic (exact) mass is 493 g/mol. The molecule has 186 valence electrons. The molecule has 1 aliphatic heterocycles. The van der Waals surface area contributed by atoms with E-state index in [-0.39, 0.29) is 42.5 Å². The van der Waals surface area contributed by atoms with E-state index in [0.29, 0.717) is 16.9 Å². The highest BCUT2D eigenvalue weighted by Gasteiger charge is 2.46. The van der Waals surface area contributed by atoms with Gasteiger partial charge in [-0.05, 0) is 66.1 Å². The third-order valence-corrected chi connectivity index (χ3v) is 6.00. The van der Waals surface area contributed by atoms with Gasteiger partial charge < -0.3 is 19.5 Å². The van der Waals surface area contributed by atoms with Gasteiger partial charge in [0.25, 0.3) is 11.7 Å². The first-order valence-electron chi connectivity index (χ1n) is 11.3. The van der Waals surface area contributed by atoms with Crippen molar-refractivity contribution in [1.29, 1.82) is 0 Å². The summed E-state index contributed by atoms with van der Waals surface area (Å²) in [4.78, 5) is 27.3. The fraction of sp³-hybridized carbons (Fsp3) is 0.214. The quantitative estimate of drug-likeness (QED) is 0.274. The Morgan fingerprint density at radius 1 is 1.03 bits per heavy atom. The van der Waals surface area contributed by atoms with Crippen molar-refractivity contribution in [2.75, 3.05) is 20.3 Å². The molecule has 1 amide bonds. The summed E-state index contributed by atoms with van der Waals surface area (Å²) in [5.41, 5.74) is 1.73. The number of amides is 1. The van der Waals surface area contributed by atoms with Gasteiger partial charge in [-0.3, -0.25) is 9.59 Å². The Morgan fingerprint density at radius 3 is 2.47 bits per heavy atom. The number of likely N-dealkylation sites (tertiary alicyclic amines) is 1. The molecule has 3 aromatic rings. The Balaban J connectivity index is 1.73. The molecule has 0 bridgehead atoms. The molecule has 8 heteroatoms. The molecule has 0 saturated carbocycles. The van der Waals surface area contributed by atoms with Crippen molar-refractivity contribution in [2.45, 2.75) is 19.6 Å². The normalized spacial score (nSPS) is 17.0. The minimum Gasteiger partial charge on any atom is -0.507 e. The summed E-state index contributed by atoms with van der Waals surface area (Å²) >= 11 is 0. The molecule has 1 saturated heterocycles. The molecule has 1 atom stereocenters. The molecule has 1 unspecified atom stereocenters. The van der Waals surface area contributed by atoms with Crippen molar-refractivity contribution in [3.63, 3.8) is 0 Å². The van der Waals surface area contributed by atoms with E-state index in [1.165, 1.54) is 42.3 Å². The second-order valence-corrected chi connectivity index (χ2v) is 8.44. The number of halogens is 2. The van der Waals surface area contributed by atoms with Gasteiger partial charge in [-0.25, -0.2) is 8.78 Å². The topological polar surface area (TPSA) is 76.1 Å². The highest BCUT2D eigenvalue weighted by Crippen LogP contribution is 2.40. The number of rotatable bonds is 8. The zero-order valence-electron chi connectivity index (χ0n) is 19.8. The number of ether oxygens (including phenoxy) is 2. The first-order valence-corrected chi connectivity index (χ1v) is 11.3. The number of ketones is 1. The van der Waals surface area contributed by atoms with E-state index in [1.807, 2.05) is 0 Å². The molecule has 1 N–H and O–H groups in total. The van der Waals surface area contributed by atoms with E-state index in [4.69, 9.17) is 9.47 Å². The lowest BCUT2D eigenvalue weighted by atomic mass is 9.94. The lowest BCUT2D eigenvalue weighted by Gasteiger charge is -2.25. The second-order valence-electron chi connectivity index (χ2n) is 8.44. The van der Waals surface area contributed by atoms with Gasteiger partial charge in [-0.15, -0.1) is 0 Å². The van der Waals surface area contributed by atoms with E-state index >= 15 is 0 Å². The van der Waals surface area contributed by atoms with Crippen LogP contribution < -0.4 is 4.74 Å². The fourth-order valence-corrected chi connectivity index (χ4v) is 4.12. The van der Waals surface area contributed by atoms with Gasteiger partial charge in [0.05, 0.1) is 18.2 Å². The first kappa shape index (κ1) is 25.1. The number of carbonyl (C=O) groups is 2. The van der Waals surface area contributed by atoms with Crippen molar-refractivity contribution in [2.24, 2.45) is 0 Å². The first-order chi connectivity index (χ1) is 17.3. The minimum absolute atomic E-state index is 0.0993. The Hall–Kier alpha value is -4.04. The molecular formula is C28H25F2NO5. The molecule has 6 nitrogen and oxygen atoms in total. The molecule has 0 spiro atoms. The van der Waals surface area contributed by atoms with Gasteiger partial charge in [-0.1, -0.05) is 24.3 Å². The number of aliphatic hydroxyl groups is 1. The average molecular weight is 494 g/mol. The summed E-state index contributed by atoms with van der Waals surface area (Å²) < 4.78 is 38.0. The Bertz CT molecular complexity index is 1320. The highest BCUT2D eigenvalue weighted by molar-refractivity contribution is 6.46. The lowest BCUT2D eigenvalue weighted by Crippen LogP contribution is -2.32. The molecular weight excluding hydrogens is 468 g/mol. The van der Waals surface area contributed by atoms with E-state index in [9.17, 15) is 23.5 Å². The van der Waals surface area contributed by atoms with Gasteiger partial charge in [-0.2, -0.15) is 0 Å². The fourth-order valence-electron chi connectivity index (χ4n) is 4.12. The third-order valence-electron chi connectivity index (χ3n) is 6.00. The number of methoxy groups -OCH3 is 1. The van der Waals surface area contributed by atoms with Crippen LogP contribution in [0.4, 0.5) is 8.78 Å². The third kappa shape index (κ3) is 5.13. The van der Waals surface area contributed by atoms with Crippen LogP contribution in [0.1, 0.15) is 28.3 Å². The number of aryl methyl sites for hydroxylation is 1. The largest absolute Gasteiger partial charge is 0.507 e. The molecule has 0 aliphatic carbocycles. The maximum Gasteiger partial charge on any atom is 0.295 e. The van der Waals surface area contributed by atoms with Crippen molar-refractivity contribution in [3.05, 3.63) is 106 Å². The van der Waals surface area contributed by atoms with Crippen LogP contribution in [0.25, 0.3) is 5.76 Å². The number of carbonyl (C=O) groups excluding carboxylic acids is 2. The maximum atomic E-state index is 13.8. The number of benzene rings is 3. The summed E-state index contributed by atoms with van der Waals surface area (Å²) in [7, 11) is 1.48. The van der Waals surface area contributed by atoms with Gasteiger partial charge in [0.15, 0.2) is 0 Å². The molecule has 36 heavy (non-hydrogen) atoms. The summed E-state index contributed by atoms with van der Waals surface area (Å²) in [6.07, 6.45) is 0. The van der Waals surface area contributed by atoms with E-state index < -0.39 is 23.5 Å². The van der Waals surface area contributed by atoms with Crippen LogP contribution in [0, 0.1) is 18.6 Å². The van der Waals surface area contributed by atoms with Crippen molar-refractivity contribution in [1.82, 2.24) is 4.90 Å². The van der Waals surface area contributed by atoms with Crippen LogP contribution in [-0.4, -0.2) is 42.0 Å². The maximum absolute atomic E-state index is 13.8. The summed E-state index contributed by atoms with van der Waals surface area (Å²) in [5, 5.41) is 11.1. The van der Waals surface area contributed by atoms with Crippen LogP contribution >= 0.6 is 0 Å². The van der Waals surface area contributed by atoms with Gasteiger partial charge in [0.1, 0.15) is 29.8 Å². The van der Waals surface area contributed by atoms with Crippen molar-refractivity contribution >= 4 is 17.4 Å². The van der Waals surface area contributed by atoms with E-state index in [0.717, 1.165) is 5.56 Å². The molecule has 0 aromatic heterocycles. The predicted octanol–water partition coefficient (Wildman–Crippen LogP) is 4.92. The van der Waals surface area contributed by atoms with Crippen LogP contribution in [0.5, 0.6) is 5.75 Å². The lowest BCUT2D eigenvalue weighted by molar-refractivity contribution is -0.140. The van der Waals surface area contributed by atoms with Gasteiger partial charge >= 0.3 is 0 Å². The Morgan fingerprint density at radius 2 is 1.78 bits per heavy atom.